The molecular formula is C15H14ClNO4S2. The van der Waals surface area contributed by atoms with Crippen LogP contribution in [-0.4, -0.2) is 19.6 Å². The van der Waals surface area contributed by atoms with Crippen LogP contribution in [0.1, 0.15) is 17.7 Å². The molecule has 0 bridgehead atoms. The highest BCUT2D eigenvalue weighted by atomic mass is 35.5. The largest absolute Gasteiger partial charge is 0.284 e. The Hall–Kier alpha value is -1.57. The Morgan fingerprint density at radius 2 is 1.78 bits per heavy atom. The van der Waals surface area contributed by atoms with E-state index in [4.69, 9.17) is 11.6 Å². The zero-order valence-corrected chi connectivity index (χ0v) is 14.8. The number of benzene rings is 2. The smallest absolute Gasteiger partial charge is 0.258 e. The number of nitro groups is 1. The summed E-state index contributed by atoms with van der Waals surface area (Å²) in [6.07, 6.45) is 1.02. The Kier molecular flexibility index (Phi) is 5.33. The Morgan fingerprint density at radius 1 is 1.17 bits per heavy atom. The molecule has 0 amide bonds. The fourth-order valence-electron chi connectivity index (χ4n) is 1.96. The third kappa shape index (κ3) is 4.46. The van der Waals surface area contributed by atoms with Crippen molar-refractivity contribution in [1.29, 1.82) is 0 Å². The highest BCUT2D eigenvalue weighted by Crippen LogP contribution is 2.40. The molecule has 0 aliphatic heterocycles. The minimum Gasteiger partial charge on any atom is -0.258 e. The maximum atomic E-state index is 11.6. The molecule has 2 aromatic rings. The molecular weight excluding hydrogens is 358 g/mol. The molecule has 0 radical (unpaired) electrons. The van der Waals surface area contributed by atoms with Gasteiger partial charge >= 0.3 is 0 Å². The third-order valence-electron chi connectivity index (χ3n) is 3.20. The summed E-state index contributed by atoms with van der Waals surface area (Å²) < 4.78 is 23.1. The Balaban J connectivity index is 2.35. The average Bonchev–Trinajstić information content (AvgIpc) is 2.46. The van der Waals surface area contributed by atoms with Gasteiger partial charge in [-0.1, -0.05) is 23.7 Å². The van der Waals surface area contributed by atoms with Gasteiger partial charge in [-0.25, -0.2) is 8.42 Å². The van der Waals surface area contributed by atoms with E-state index in [-0.39, 0.29) is 15.8 Å². The van der Waals surface area contributed by atoms with Crippen molar-refractivity contribution in [2.75, 3.05) is 6.26 Å². The van der Waals surface area contributed by atoms with Gasteiger partial charge in [0.25, 0.3) is 5.69 Å². The fourth-order valence-corrected chi connectivity index (χ4v) is 3.80. The Labute approximate surface area is 143 Å². The number of hydrogen-bond donors (Lipinski definition) is 0. The summed E-state index contributed by atoms with van der Waals surface area (Å²) >= 11 is 7.15. The summed E-state index contributed by atoms with van der Waals surface area (Å²) in [5.74, 6) is 0. The topological polar surface area (TPSA) is 77.3 Å². The van der Waals surface area contributed by atoms with Gasteiger partial charge in [0.2, 0.25) is 0 Å². The Bertz CT molecular complexity index is 835. The van der Waals surface area contributed by atoms with Crippen LogP contribution >= 0.6 is 23.4 Å². The van der Waals surface area contributed by atoms with Crippen molar-refractivity contribution < 1.29 is 13.3 Å². The standard InChI is InChI=1S/C15H14ClNO4S2/c1-10(11-3-5-12(16)6-4-11)22-15-8-7-13(23(2,20)21)9-14(15)17(18)19/h3-10H,1-2H3. The summed E-state index contributed by atoms with van der Waals surface area (Å²) in [5, 5.41) is 11.8. The van der Waals surface area contributed by atoms with E-state index in [1.54, 1.807) is 12.1 Å². The van der Waals surface area contributed by atoms with Gasteiger partial charge in [0.1, 0.15) is 0 Å². The van der Waals surface area contributed by atoms with Gasteiger partial charge in [-0.15, -0.1) is 11.8 Å². The van der Waals surface area contributed by atoms with Crippen LogP contribution in [0.4, 0.5) is 5.69 Å². The molecule has 0 saturated carbocycles. The summed E-state index contributed by atoms with van der Waals surface area (Å²) in [7, 11) is -3.49. The van der Waals surface area contributed by atoms with Crippen molar-refractivity contribution in [2.45, 2.75) is 22.0 Å². The van der Waals surface area contributed by atoms with Crippen LogP contribution in [0.3, 0.4) is 0 Å². The number of nitrogens with zero attached hydrogens (tertiary/aromatic N) is 1. The molecule has 8 heteroatoms. The molecule has 0 spiro atoms. The summed E-state index contributed by atoms with van der Waals surface area (Å²) in [4.78, 5) is 11.0. The zero-order chi connectivity index (χ0) is 17.2. The van der Waals surface area contributed by atoms with E-state index in [1.165, 1.54) is 23.9 Å². The minimum atomic E-state index is -3.49. The molecule has 0 aliphatic rings. The van der Waals surface area contributed by atoms with Gasteiger partial charge in [-0.05, 0) is 36.8 Å². The van der Waals surface area contributed by atoms with Gasteiger partial charge in [-0.3, -0.25) is 10.1 Å². The van der Waals surface area contributed by atoms with Crippen LogP contribution in [0.25, 0.3) is 0 Å². The van der Waals surface area contributed by atoms with Crippen LogP contribution in [0, 0.1) is 10.1 Å². The first kappa shape index (κ1) is 17.8. The van der Waals surface area contributed by atoms with Crippen LogP contribution < -0.4 is 0 Å². The molecule has 23 heavy (non-hydrogen) atoms. The summed E-state index contributed by atoms with van der Waals surface area (Å²) in [6.45, 7) is 1.92. The molecule has 2 rings (SSSR count). The maximum Gasteiger partial charge on any atom is 0.284 e. The van der Waals surface area contributed by atoms with Crippen molar-refractivity contribution >= 4 is 38.9 Å². The van der Waals surface area contributed by atoms with E-state index < -0.39 is 14.8 Å². The Morgan fingerprint density at radius 3 is 2.30 bits per heavy atom. The molecule has 0 heterocycles. The summed E-state index contributed by atoms with van der Waals surface area (Å²) in [6, 6.07) is 11.2. The first-order chi connectivity index (χ1) is 10.7. The summed E-state index contributed by atoms with van der Waals surface area (Å²) in [5.41, 5.74) is 0.764. The van der Waals surface area contributed by atoms with E-state index >= 15 is 0 Å². The lowest BCUT2D eigenvalue weighted by Crippen LogP contribution is -2.00. The second-order valence-corrected chi connectivity index (χ2v) is 8.81. The van der Waals surface area contributed by atoms with E-state index in [1.807, 2.05) is 19.1 Å². The van der Waals surface area contributed by atoms with Crippen LogP contribution in [0.2, 0.25) is 5.02 Å². The van der Waals surface area contributed by atoms with E-state index in [9.17, 15) is 18.5 Å². The number of nitro benzene ring substituents is 1. The van der Waals surface area contributed by atoms with Crippen molar-refractivity contribution in [3.05, 3.63) is 63.2 Å². The number of thioether (sulfide) groups is 1. The average molecular weight is 372 g/mol. The quantitative estimate of drug-likeness (QED) is 0.439. The first-order valence-electron chi connectivity index (χ1n) is 6.59. The molecule has 1 unspecified atom stereocenters. The van der Waals surface area contributed by atoms with Crippen LogP contribution in [0.15, 0.2) is 52.3 Å². The van der Waals surface area contributed by atoms with E-state index in [2.05, 4.69) is 0 Å². The van der Waals surface area contributed by atoms with Crippen molar-refractivity contribution in [1.82, 2.24) is 0 Å². The van der Waals surface area contributed by atoms with Crippen LogP contribution in [0.5, 0.6) is 0 Å². The van der Waals surface area contributed by atoms with Crippen molar-refractivity contribution in [3.8, 4) is 0 Å². The van der Waals surface area contributed by atoms with Gasteiger partial charge in [0.05, 0.1) is 14.7 Å². The van der Waals surface area contributed by atoms with Gasteiger partial charge in [0.15, 0.2) is 9.84 Å². The minimum absolute atomic E-state index is 0.0462. The normalized spacial score (nSPS) is 12.8. The van der Waals surface area contributed by atoms with E-state index in [0.717, 1.165) is 17.9 Å². The molecule has 0 aliphatic carbocycles. The molecule has 0 saturated heterocycles. The number of halogens is 1. The van der Waals surface area contributed by atoms with Gasteiger partial charge in [0, 0.05) is 22.6 Å². The fraction of sp³-hybridized carbons (Fsp3) is 0.200. The van der Waals surface area contributed by atoms with Gasteiger partial charge < -0.3 is 0 Å². The first-order valence-corrected chi connectivity index (χ1v) is 9.74. The van der Waals surface area contributed by atoms with E-state index in [0.29, 0.717) is 9.92 Å². The molecule has 0 aromatic heterocycles. The predicted octanol–water partition coefficient (Wildman–Crippen LogP) is 4.51. The highest BCUT2D eigenvalue weighted by molar-refractivity contribution is 7.99. The van der Waals surface area contributed by atoms with Crippen molar-refractivity contribution in [2.24, 2.45) is 0 Å². The lowest BCUT2D eigenvalue weighted by Gasteiger charge is -2.12. The van der Waals surface area contributed by atoms with Crippen molar-refractivity contribution in [3.63, 3.8) is 0 Å². The third-order valence-corrected chi connectivity index (χ3v) is 5.79. The number of hydrogen-bond acceptors (Lipinski definition) is 5. The molecule has 122 valence electrons. The number of rotatable bonds is 5. The molecule has 0 fully saturated rings. The monoisotopic (exact) mass is 371 g/mol. The zero-order valence-electron chi connectivity index (χ0n) is 12.4. The number of sulfone groups is 1. The lowest BCUT2D eigenvalue weighted by atomic mass is 10.2. The van der Waals surface area contributed by atoms with Crippen LogP contribution in [-0.2, 0) is 9.84 Å². The molecule has 5 nitrogen and oxygen atoms in total. The second kappa shape index (κ2) is 6.90. The lowest BCUT2D eigenvalue weighted by molar-refractivity contribution is -0.388. The second-order valence-electron chi connectivity index (χ2n) is 4.97. The highest BCUT2D eigenvalue weighted by Gasteiger charge is 2.21. The molecule has 1 atom stereocenters. The molecule has 2 aromatic carbocycles. The predicted molar refractivity (Wildman–Crippen MR) is 91.9 cm³/mol. The SMILES string of the molecule is CC(Sc1ccc(S(C)(=O)=O)cc1[N+](=O)[O-])c1ccc(Cl)cc1. The maximum absolute atomic E-state index is 11.6. The molecule has 0 N–H and O–H groups in total. The van der Waals surface area contributed by atoms with Gasteiger partial charge in [-0.2, -0.15) is 0 Å².